The van der Waals surface area contributed by atoms with Crippen LogP contribution in [0.3, 0.4) is 0 Å². The van der Waals surface area contributed by atoms with Gasteiger partial charge in [-0.1, -0.05) is 0 Å². The third kappa shape index (κ3) is 3.00. The van der Waals surface area contributed by atoms with Gasteiger partial charge in [-0.15, -0.1) is 11.3 Å². The van der Waals surface area contributed by atoms with Crippen molar-refractivity contribution < 1.29 is 4.74 Å². The zero-order valence-corrected chi connectivity index (χ0v) is 12.3. The van der Waals surface area contributed by atoms with Crippen molar-refractivity contribution in [1.29, 1.82) is 0 Å². The fraction of sp³-hybridized carbons (Fsp3) is 0.538. The van der Waals surface area contributed by atoms with E-state index in [-0.39, 0.29) is 6.10 Å². The Hall–Kier alpha value is -1.44. The predicted molar refractivity (Wildman–Crippen MR) is 78.4 cm³/mol. The second kappa shape index (κ2) is 5.90. The fourth-order valence-corrected chi connectivity index (χ4v) is 3.11. The molecule has 1 saturated heterocycles. The molecule has 1 aliphatic heterocycles. The van der Waals surface area contributed by atoms with Crippen LogP contribution in [0.2, 0.25) is 0 Å². The topological polar surface area (TPSA) is 69.2 Å². The highest BCUT2D eigenvalue weighted by Gasteiger charge is 2.23. The van der Waals surface area contributed by atoms with E-state index in [0.29, 0.717) is 5.13 Å². The van der Waals surface area contributed by atoms with Crippen LogP contribution in [0, 0.1) is 0 Å². The summed E-state index contributed by atoms with van der Waals surface area (Å²) in [5.41, 5.74) is 6.83. The predicted octanol–water partition coefficient (Wildman–Crippen LogP) is 1.52. The van der Waals surface area contributed by atoms with Gasteiger partial charge in [-0.3, -0.25) is 9.58 Å². The molecule has 0 amide bonds. The minimum absolute atomic E-state index is 0.106. The molecule has 0 saturated carbocycles. The molecule has 1 atom stereocenters. The molecule has 108 valence electrons. The molecule has 0 spiro atoms. The van der Waals surface area contributed by atoms with E-state index < -0.39 is 0 Å². The van der Waals surface area contributed by atoms with Crippen molar-refractivity contribution in [2.75, 3.05) is 25.4 Å². The van der Waals surface area contributed by atoms with Gasteiger partial charge in [0.1, 0.15) is 0 Å². The second-order valence-electron chi connectivity index (χ2n) is 4.89. The summed E-state index contributed by atoms with van der Waals surface area (Å²) >= 11 is 1.55. The van der Waals surface area contributed by atoms with E-state index in [1.165, 1.54) is 4.88 Å². The first-order chi connectivity index (χ1) is 9.74. The second-order valence-corrected chi connectivity index (χ2v) is 6.04. The maximum Gasteiger partial charge on any atom is 0.180 e. The van der Waals surface area contributed by atoms with E-state index in [1.807, 2.05) is 17.1 Å². The molecule has 2 N–H and O–H groups in total. The molecular weight excluding hydrogens is 274 g/mol. The largest absolute Gasteiger partial charge is 0.375 e. The third-order valence-corrected chi connectivity index (χ3v) is 4.26. The molecule has 1 unspecified atom stereocenters. The number of thiazole rings is 1. The normalized spacial score (nSPS) is 20.4. The molecule has 0 radical (unpaired) electrons. The van der Waals surface area contributed by atoms with Gasteiger partial charge in [-0.05, 0) is 6.92 Å². The number of hydrogen-bond acceptors (Lipinski definition) is 6. The first kappa shape index (κ1) is 13.5. The van der Waals surface area contributed by atoms with Crippen LogP contribution in [0.1, 0.15) is 23.5 Å². The highest BCUT2D eigenvalue weighted by Crippen LogP contribution is 2.24. The number of morpholine rings is 1. The number of ether oxygens (including phenoxy) is 1. The zero-order chi connectivity index (χ0) is 13.9. The summed E-state index contributed by atoms with van der Waals surface area (Å²) in [6.07, 6.45) is 5.94. The Morgan fingerprint density at radius 3 is 3.10 bits per heavy atom. The van der Waals surface area contributed by atoms with E-state index in [0.717, 1.165) is 38.3 Å². The van der Waals surface area contributed by atoms with Crippen LogP contribution in [0.25, 0.3) is 0 Å². The lowest BCUT2D eigenvalue weighted by Gasteiger charge is -2.32. The molecule has 1 fully saturated rings. The fourth-order valence-electron chi connectivity index (χ4n) is 2.38. The molecule has 0 bridgehead atoms. The number of rotatable bonds is 4. The zero-order valence-electron chi connectivity index (χ0n) is 11.5. The summed E-state index contributed by atoms with van der Waals surface area (Å²) in [5.74, 6) is 0. The van der Waals surface area contributed by atoms with Gasteiger partial charge in [0, 0.05) is 49.0 Å². The van der Waals surface area contributed by atoms with Crippen LogP contribution in [0.4, 0.5) is 5.13 Å². The van der Waals surface area contributed by atoms with Crippen molar-refractivity contribution in [2.24, 2.45) is 0 Å². The molecule has 0 aromatic carbocycles. The van der Waals surface area contributed by atoms with Crippen LogP contribution in [0.15, 0.2) is 18.6 Å². The molecule has 3 rings (SSSR count). The van der Waals surface area contributed by atoms with Gasteiger partial charge in [-0.25, -0.2) is 4.98 Å². The number of nitrogens with zero attached hydrogens (tertiary/aromatic N) is 4. The molecule has 20 heavy (non-hydrogen) atoms. The van der Waals surface area contributed by atoms with E-state index >= 15 is 0 Å². The van der Waals surface area contributed by atoms with E-state index in [1.54, 1.807) is 11.3 Å². The maximum absolute atomic E-state index is 5.86. The Labute approximate surface area is 122 Å². The number of nitrogen functional groups attached to an aromatic ring is 1. The summed E-state index contributed by atoms with van der Waals surface area (Å²) in [6.45, 7) is 6.42. The van der Waals surface area contributed by atoms with Gasteiger partial charge in [-0.2, -0.15) is 5.10 Å². The van der Waals surface area contributed by atoms with Crippen molar-refractivity contribution in [2.45, 2.75) is 26.1 Å². The molecule has 2 aromatic rings. The first-order valence-corrected chi connectivity index (χ1v) is 7.62. The Kier molecular flexibility index (Phi) is 4.00. The van der Waals surface area contributed by atoms with Crippen molar-refractivity contribution >= 4 is 16.5 Å². The summed E-state index contributed by atoms with van der Waals surface area (Å²) < 4.78 is 7.80. The number of aromatic nitrogens is 3. The van der Waals surface area contributed by atoms with Crippen LogP contribution in [-0.2, 0) is 17.8 Å². The van der Waals surface area contributed by atoms with Crippen molar-refractivity contribution in [3.05, 3.63) is 29.0 Å². The monoisotopic (exact) mass is 293 g/mol. The lowest BCUT2D eigenvalue weighted by molar-refractivity contribution is -0.0326. The Morgan fingerprint density at radius 2 is 2.40 bits per heavy atom. The van der Waals surface area contributed by atoms with Crippen LogP contribution in [0.5, 0.6) is 0 Å². The summed E-state index contributed by atoms with van der Waals surface area (Å²) in [6, 6.07) is 0. The number of anilines is 1. The number of nitrogens with two attached hydrogens (primary N) is 1. The molecule has 7 heteroatoms. The molecular formula is C13H19N5OS. The molecule has 6 nitrogen and oxygen atoms in total. The van der Waals surface area contributed by atoms with Gasteiger partial charge in [0.15, 0.2) is 5.13 Å². The van der Waals surface area contributed by atoms with Gasteiger partial charge < -0.3 is 10.5 Å². The van der Waals surface area contributed by atoms with Gasteiger partial charge >= 0.3 is 0 Å². The summed E-state index contributed by atoms with van der Waals surface area (Å²) in [5, 5.41) is 4.95. The maximum atomic E-state index is 5.86. The Balaban J connectivity index is 1.64. The quantitative estimate of drug-likeness (QED) is 0.925. The highest BCUT2D eigenvalue weighted by atomic mass is 32.1. The van der Waals surface area contributed by atoms with E-state index in [4.69, 9.17) is 10.5 Å². The van der Waals surface area contributed by atoms with Crippen molar-refractivity contribution in [3.63, 3.8) is 0 Å². The lowest BCUT2D eigenvalue weighted by atomic mass is 10.1. The minimum atomic E-state index is 0.106. The SMILES string of the molecule is CCn1cc(C2CN(Cc3cnc(N)s3)CCO2)cn1. The highest BCUT2D eigenvalue weighted by molar-refractivity contribution is 7.15. The Morgan fingerprint density at radius 1 is 1.50 bits per heavy atom. The summed E-state index contributed by atoms with van der Waals surface area (Å²) in [7, 11) is 0. The molecule has 3 heterocycles. The van der Waals surface area contributed by atoms with E-state index in [9.17, 15) is 0 Å². The van der Waals surface area contributed by atoms with Crippen molar-refractivity contribution in [1.82, 2.24) is 19.7 Å². The molecule has 0 aliphatic carbocycles. The van der Waals surface area contributed by atoms with Gasteiger partial charge in [0.25, 0.3) is 0 Å². The number of aryl methyl sites for hydroxylation is 1. The van der Waals surface area contributed by atoms with Crippen LogP contribution in [-0.4, -0.2) is 39.4 Å². The smallest absolute Gasteiger partial charge is 0.180 e. The average Bonchev–Trinajstić information content (AvgIpc) is 3.08. The van der Waals surface area contributed by atoms with Crippen molar-refractivity contribution in [3.8, 4) is 0 Å². The average molecular weight is 293 g/mol. The minimum Gasteiger partial charge on any atom is -0.375 e. The van der Waals surface area contributed by atoms with Gasteiger partial charge in [0.2, 0.25) is 0 Å². The summed E-state index contributed by atoms with van der Waals surface area (Å²) in [4.78, 5) is 7.68. The number of hydrogen-bond donors (Lipinski definition) is 1. The molecule has 2 aromatic heterocycles. The molecule has 1 aliphatic rings. The third-order valence-electron chi connectivity index (χ3n) is 3.45. The van der Waals surface area contributed by atoms with Crippen LogP contribution < -0.4 is 5.73 Å². The van der Waals surface area contributed by atoms with Gasteiger partial charge in [0.05, 0.1) is 18.9 Å². The van der Waals surface area contributed by atoms with Crippen LogP contribution >= 0.6 is 11.3 Å². The Bertz CT molecular complexity index is 567. The van der Waals surface area contributed by atoms with E-state index in [2.05, 4.69) is 28.1 Å². The first-order valence-electron chi connectivity index (χ1n) is 6.81. The lowest BCUT2D eigenvalue weighted by Crippen LogP contribution is -2.37. The standard InChI is InChI=1S/C13H19N5OS/c1-2-18-7-10(5-16-18)12-9-17(3-4-19-12)8-11-6-15-13(14)20-11/h5-7,12H,2-4,8-9H2,1H3,(H2,14,15).